The molecule has 2 rings (SSSR count). The van der Waals surface area contributed by atoms with Crippen LogP contribution >= 0.6 is 0 Å². The van der Waals surface area contributed by atoms with Crippen LogP contribution in [0.5, 0.6) is 0 Å². The van der Waals surface area contributed by atoms with Gasteiger partial charge in [0.25, 0.3) is 0 Å². The van der Waals surface area contributed by atoms with Gasteiger partial charge in [0.15, 0.2) is 0 Å². The zero-order valence-corrected chi connectivity index (χ0v) is 9.56. The Morgan fingerprint density at radius 3 is 2.76 bits per heavy atom. The fourth-order valence-electron chi connectivity index (χ4n) is 1.61. The van der Waals surface area contributed by atoms with Gasteiger partial charge in [0.05, 0.1) is 17.6 Å². The molecule has 0 bridgehead atoms. The van der Waals surface area contributed by atoms with E-state index in [1.807, 2.05) is 6.92 Å². The third-order valence-electron chi connectivity index (χ3n) is 2.55. The first-order chi connectivity index (χ1) is 8.08. The highest BCUT2D eigenvalue weighted by Crippen LogP contribution is 2.18. The molecule has 1 N–H and O–H groups in total. The Hall–Kier alpha value is -2.17. The Morgan fingerprint density at radius 1 is 1.47 bits per heavy atom. The lowest BCUT2D eigenvalue weighted by Gasteiger charge is -2.26. The van der Waals surface area contributed by atoms with Crippen molar-refractivity contribution >= 4 is 23.2 Å². The van der Waals surface area contributed by atoms with E-state index in [1.54, 1.807) is 18.3 Å². The number of aromatic nitrogens is 1. The topological polar surface area (TPSA) is 62.3 Å². The van der Waals surface area contributed by atoms with Gasteiger partial charge in [-0.05, 0) is 24.6 Å². The summed E-state index contributed by atoms with van der Waals surface area (Å²) in [6, 6.07) is 3.21. The number of hydrogen-bond acceptors (Lipinski definition) is 3. The summed E-state index contributed by atoms with van der Waals surface area (Å²) < 4.78 is 0. The highest BCUT2D eigenvalue weighted by Gasteiger charge is 2.24. The third kappa shape index (κ3) is 2.33. The van der Waals surface area contributed by atoms with Crippen LogP contribution in [0.3, 0.4) is 0 Å². The number of hydrogen-bond donors (Lipinski definition) is 1. The molecule has 1 aliphatic rings. The van der Waals surface area contributed by atoms with Crippen LogP contribution < -0.4 is 10.2 Å². The van der Waals surface area contributed by atoms with Gasteiger partial charge in [-0.1, -0.05) is 6.58 Å². The molecule has 3 amide bonds. The Kier molecular flexibility index (Phi) is 2.91. The predicted molar refractivity (Wildman–Crippen MR) is 64.4 cm³/mol. The average Bonchev–Trinajstić information content (AvgIpc) is 2.29. The Balaban J connectivity index is 2.20. The Labute approximate surface area is 99.1 Å². The standard InChI is InChI=1S/C12H13N3O2/c1-8(2)10-4-3-9(7-13-10)15-6-5-11(16)14-12(15)17/h3-4,7H,1,5-6H2,2H3,(H,14,16,17). The molecule has 0 radical (unpaired) electrons. The van der Waals surface area contributed by atoms with Crippen molar-refractivity contribution in [2.24, 2.45) is 0 Å². The normalized spacial score (nSPS) is 15.7. The largest absolute Gasteiger partial charge is 0.328 e. The molecule has 0 saturated carbocycles. The molecule has 5 heteroatoms. The molecule has 2 heterocycles. The zero-order valence-electron chi connectivity index (χ0n) is 9.56. The predicted octanol–water partition coefficient (Wildman–Crippen LogP) is 1.56. The first kappa shape index (κ1) is 11.3. The van der Waals surface area contributed by atoms with Crippen LogP contribution in [-0.2, 0) is 4.79 Å². The van der Waals surface area contributed by atoms with E-state index in [-0.39, 0.29) is 5.91 Å². The zero-order chi connectivity index (χ0) is 12.4. The highest BCUT2D eigenvalue weighted by atomic mass is 16.2. The van der Waals surface area contributed by atoms with E-state index in [2.05, 4.69) is 16.9 Å². The number of allylic oxidation sites excluding steroid dienone is 1. The second kappa shape index (κ2) is 4.37. The number of anilines is 1. The number of nitrogens with one attached hydrogen (secondary N) is 1. The van der Waals surface area contributed by atoms with Crippen LogP contribution in [0.25, 0.3) is 5.57 Å². The average molecular weight is 231 g/mol. The van der Waals surface area contributed by atoms with E-state index in [0.717, 1.165) is 11.3 Å². The second-order valence-electron chi connectivity index (χ2n) is 3.94. The molecular weight excluding hydrogens is 218 g/mol. The van der Waals surface area contributed by atoms with E-state index < -0.39 is 6.03 Å². The van der Waals surface area contributed by atoms with Crippen molar-refractivity contribution in [2.45, 2.75) is 13.3 Å². The van der Waals surface area contributed by atoms with Gasteiger partial charge < -0.3 is 0 Å². The van der Waals surface area contributed by atoms with Gasteiger partial charge in [0.1, 0.15) is 0 Å². The number of imide groups is 1. The van der Waals surface area contributed by atoms with Gasteiger partial charge in [-0.2, -0.15) is 0 Å². The summed E-state index contributed by atoms with van der Waals surface area (Å²) in [5.74, 6) is -0.238. The minimum Gasteiger partial charge on any atom is -0.292 e. The van der Waals surface area contributed by atoms with Crippen LogP contribution in [0.4, 0.5) is 10.5 Å². The molecule has 0 atom stereocenters. The maximum absolute atomic E-state index is 11.6. The molecule has 0 aromatic carbocycles. The molecule has 1 aromatic heterocycles. The van der Waals surface area contributed by atoms with Crippen LogP contribution in [0.15, 0.2) is 24.9 Å². The van der Waals surface area contributed by atoms with E-state index in [4.69, 9.17) is 0 Å². The first-order valence-electron chi connectivity index (χ1n) is 5.31. The fraction of sp³-hybridized carbons (Fsp3) is 0.250. The van der Waals surface area contributed by atoms with Gasteiger partial charge >= 0.3 is 6.03 Å². The van der Waals surface area contributed by atoms with Gasteiger partial charge in [0, 0.05) is 13.0 Å². The number of pyridine rings is 1. The molecule has 88 valence electrons. The smallest absolute Gasteiger partial charge is 0.292 e. The number of amides is 3. The molecule has 1 aromatic rings. The first-order valence-corrected chi connectivity index (χ1v) is 5.31. The summed E-state index contributed by atoms with van der Waals surface area (Å²) in [5, 5.41) is 2.27. The van der Waals surface area contributed by atoms with Crippen LogP contribution in [0, 0.1) is 0 Å². The van der Waals surface area contributed by atoms with Crippen molar-refractivity contribution < 1.29 is 9.59 Å². The summed E-state index contributed by atoms with van der Waals surface area (Å²) in [4.78, 5) is 28.3. The molecule has 1 aliphatic heterocycles. The van der Waals surface area contributed by atoms with Crippen molar-refractivity contribution in [2.75, 3.05) is 11.4 Å². The molecule has 0 unspecified atom stereocenters. The van der Waals surface area contributed by atoms with Gasteiger partial charge in [-0.3, -0.25) is 20.0 Å². The van der Waals surface area contributed by atoms with Gasteiger partial charge in [-0.15, -0.1) is 0 Å². The van der Waals surface area contributed by atoms with Crippen LogP contribution in [-0.4, -0.2) is 23.5 Å². The molecule has 1 fully saturated rings. The van der Waals surface area contributed by atoms with E-state index in [0.29, 0.717) is 18.7 Å². The van der Waals surface area contributed by atoms with Crippen molar-refractivity contribution in [1.82, 2.24) is 10.3 Å². The number of nitrogens with zero attached hydrogens (tertiary/aromatic N) is 2. The number of carbonyl (C=O) groups is 2. The SMILES string of the molecule is C=C(C)c1ccc(N2CCC(=O)NC2=O)cn1. The molecule has 17 heavy (non-hydrogen) atoms. The third-order valence-corrected chi connectivity index (χ3v) is 2.55. The maximum Gasteiger partial charge on any atom is 0.328 e. The molecule has 0 spiro atoms. The van der Waals surface area contributed by atoms with E-state index in [9.17, 15) is 9.59 Å². The summed E-state index contributed by atoms with van der Waals surface area (Å²) in [6.07, 6.45) is 1.92. The fourth-order valence-corrected chi connectivity index (χ4v) is 1.61. The summed E-state index contributed by atoms with van der Waals surface area (Å²) >= 11 is 0. The van der Waals surface area contributed by atoms with Crippen molar-refractivity contribution in [3.63, 3.8) is 0 Å². The molecular formula is C12H13N3O2. The van der Waals surface area contributed by atoms with Gasteiger partial charge in [0.2, 0.25) is 5.91 Å². The maximum atomic E-state index is 11.6. The van der Waals surface area contributed by atoms with E-state index in [1.165, 1.54) is 4.90 Å². The van der Waals surface area contributed by atoms with Crippen molar-refractivity contribution in [1.29, 1.82) is 0 Å². The number of rotatable bonds is 2. The van der Waals surface area contributed by atoms with Crippen LogP contribution in [0.2, 0.25) is 0 Å². The molecule has 0 aliphatic carbocycles. The Bertz CT molecular complexity index is 479. The van der Waals surface area contributed by atoms with Crippen molar-refractivity contribution in [3.8, 4) is 0 Å². The summed E-state index contributed by atoms with van der Waals surface area (Å²) in [7, 11) is 0. The number of urea groups is 1. The summed E-state index contributed by atoms with van der Waals surface area (Å²) in [5.41, 5.74) is 2.34. The highest BCUT2D eigenvalue weighted by molar-refractivity contribution is 6.05. The summed E-state index contributed by atoms with van der Waals surface area (Å²) in [6.45, 7) is 6.05. The lowest BCUT2D eigenvalue weighted by Crippen LogP contribution is -2.49. The van der Waals surface area contributed by atoms with Crippen LogP contribution in [0.1, 0.15) is 19.0 Å². The molecule has 1 saturated heterocycles. The minimum absolute atomic E-state index is 0.238. The van der Waals surface area contributed by atoms with Crippen molar-refractivity contribution in [3.05, 3.63) is 30.6 Å². The Morgan fingerprint density at radius 2 is 2.24 bits per heavy atom. The lowest BCUT2D eigenvalue weighted by atomic mass is 10.2. The van der Waals surface area contributed by atoms with Gasteiger partial charge in [-0.25, -0.2) is 4.79 Å². The van der Waals surface area contributed by atoms with E-state index >= 15 is 0 Å². The second-order valence-corrected chi connectivity index (χ2v) is 3.94. The quantitative estimate of drug-likeness (QED) is 0.840. The monoisotopic (exact) mass is 231 g/mol. The number of carbonyl (C=O) groups excluding carboxylic acids is 2. The molecule has 5 nitrogen and oxygen atoms in total. The minimum atomic E-state index is -0.397. The lowest BCUT2D eigenvalue weighted by molar-refractivity contribution is -0.120.